The molecule has 3 rings (SSSR count). The Balaban J connectivity index is 1.91. The lowest BCUT2D eigenvalue weighted by Crippen LogP contribution is -2.21. The van der Waals surface area contributed by atoms with E-state index in [0.717, 1.165) is 47.8 Å². The fourth-order valence-corrected chi connectivity index (χ4v) is 2.49. The Morgan fingerprint density at radius 2 is 2.11 bits per heavy atom. The maximum Gasteiger partial charge on any atom is 0.226 e. The summed E-state index contributed by atoms with van der Waals surface area (Å²) in [5, 5.41) is 0.721. The Hall–Kier alpha value is -1.32. The average Bonchev–Trinajstić information content (AvgIpc) is 2.82. The van der Waals surface area contributed by atoms with Crippen LogP contribution >= 0.6 is 11.6 Å². The molecule has 0 aliphatic heterocycles. The highest BCUT2D eigenvalue weighted by molar-refractivity contribution is 6.30. The predicted octanol–water partition coefficient (Wildman–Crippen LogP) is 3.06. The van der Waals surface area contributed by atoms with E-state index in [2.05, 4.69) is 4.98 Å². The molecule has 3 nitrogen and oxygen atoms in total. The van der Waals surface area contributed by atoms with Gasteiger partial charge in [0.15, 0.2) is 0 Å². The van der Waals surface area contributed by atoms with Crippen molar-refractivity contribution in [1.82, 2.24) is 4.98 Å². The highest BCUT2D eigenvalue weighted by atomic mass is 35.5. The molecule has 0 fully saturated rings. The number of aryl methyl sites for hydroxylation is 1. The number of nitrogens with two attached hydrogens (primary N) is 1. The molecule has 0 radical (unpaired) electrons. The maximum atomic E-state index is 5.87. The van der Waals surface area contributed by atoms with Crippen molar-refractivity contribution in [3.63, 3.8) is 0 Å². The first-order valence-electron chi connectivity index (χ1n) is 6.21. The molecule has 1 aliphatic rings. The first kappa shape index (κ1) is 11.8. The Morgan fingerprint density at radius 1 is 1.33 bits per heavy atom. The van der Waals surface area contributed by atoms with E-state index in [0.29, 0.717) is 11.8 Å². The van der Waals surface area contributed by atoms with Crippen molar-refractivity contribution in [2.24, 2.45) is 11.7 Å². The summed E-state index contributed by atoms with van der Waals surface area (Å²) >= 11 is 5.87. The number of oxazole rings is 1. The second kappa shape index (κ2) is 4.75. The minimum absolute atomic E-state index is 0.542. The third-order valence-electron chi connectivity index (χ3n) is 3.46. The third kappa shape index (κ3) is 2.16. The van der Waals surface area contributed by atoms with E-state index in [1.165, 1.54) is 0 Å². The van der Waals surface area contributed by atoms with Crippen LogP contribution in [0.5, 0.6) is 0 Å². The van der Waals surface area contributed by atoms with Crippen molar-refractivity contribution in [2.75, 3.05) is 6.54 Å². The summed E-state index contributed by atoms with van der Waals surface area (Å²) in [4.78, 5) is 4.58. The number of rotatable bonds is 2. The van der Waals surface area contributed by atoms with Crippen molar-refractivity contribution in [3.8, 4) is 11.5 Å². The Morgan fingerprint density at radius 3 is 2.83 bits per heavy atom. The van der Waals surface area contributed by atoms with Crippen molar-refractivity contribution in [3.05, 3.63) is 40.7 Å². The molecule has 4 heteroatoms. The molecule has 0 saturated heterocycles. The van der Waals surface area contributed by atoms with Gasteiger partial charge in [0.2, 0.25) is 5.89 Å². The normalized spacial score (nSPS) is 18.7. The second-order valence-electron chi connectivity index (χ2n) is 4.74. The van der Waals surface area contributed by atoms with Crippen LogP contribution in [0.4, 0.5) is 0 Å². The van der Waals surface area contributed by atoms with Crippen LogP contribution in [0.2, 0.25) is 5.02 Å². The maximum absolute atomic E-state index is 5.87. The number of benzene rings is 1. The SMILES string of the molecule is NCC1CCc2oc(-c3ccc(Cl)cc3)nc2C1. The van der Waals surface area contributed by atoms with Gasteiger partial charge in [-0.1, -0.05) is 11.6 Å². The first-order chi connectivity index (χ1) is 8.76. The summed E-state index contributed by atoms with van der Waals surface area (Å²) in [6, 6.07) is 7.56. The standard InChI is InChI=1S/C14H15ClN2O/c15-11-4-2-10(3-5-11)14-17-12-7-9(8-16)1-6-13(12)18-14/h2-5,9H,1,6-8,16H2. The molecule has 94 valence electrons. The topological polar surface area (TPSA) is 52.0 Å². The van der Waals surface area contributed by atoms with E-state index in [9.17, 15) is 0 Å². The van der Waals surface area contributed by atoms with E-state index < -0.39 is 0 Å². The van der Waals surface area contributed by atoms with E-state index >= 15 is 0 Å². The summed E-state index contributed by atoms with van der Waals surface area (Å²) in [6.07, 6.45) is 2.97. The lowest BCUT2D eigenvalue weighted by molar-refractivity contribution is 0.413. The van der Waals surface area contributed by atoms with Crippen LogP contribution in [0.15, 0.2) is 28.7 Å². The number of hydrogen-bond donors (Lipinski definition) is 1. The highest BCUT2D eigenvalue weighted by Crippen LogP contribution is 2.29. The largest absolute Gasteiger partial charge is 0.441 e. The van der Waals surface area contributed by atoms with Gasteiger partial charge in [0, 0.05) is 17.0 Å². The minimum atomic E-state index is 0.542. The van der Waals surface area contributed by atoms with Crippen molar-refractivity contribution >= 4 is 11.6 Å². The van der Waals surface area contributed by atoms with Crippen LogP contribution < -0.4 is 5.73 Å². The Kier molecular flexibility index (Phi) is 3.10. The lowest BCUT2D eigenvalue weighted by atomic mass is 9.90. The summed E-state index contributed by atoms with van der Waals surface area (Å²) in [5.41, 5.74) is 7.76. The number of fused-ring (bicyclic) bond motifs is 1. The van der Waals surface area contributed by atoms with Crippen molar-refractivity contribution in [1.29, 1.82) is 0 Å². The summed E-state index contributed by atoms with van der Waals surface area (Å²) in [5.74, 6) is 2.25. The zero-order valence-electron chi connectivity index (χ0n) is 10.0. The van der Waals surface area contributed by atoms with Gasteiger partial charge >= 0.3 is 0 Å². The molecule has 18 heavy (non-hydrogen) atoms. The van der Waals surface area contributed by atoms with Crippen LogP contribution in [0, 0.1) is 5.92 Å². The van der Waals surface area contributed by atoms with Crippen LogP contribution in [0.25, 0.3) is 11.5 Å². The van der Waals surface area contributed by atoms with E-state index in [4.69, 9.17) is 21.8 Å². The Bertz CT molecular complexity index is 547. The molecule has 1 aliphatic carbocycles. The molecular formula is C14H15ClN2O. The van der Waals surface area contributed by atoms with E-state index in [1.807, 2.05) is 24.3 Å². The molecule has 1 atom stereocenters. The molecule has 1 unspecified atom stereocenters. The molecule has 2 aromatic rings. The fraction of sp³-hybridized carbons (Fsp3) is 0.357. The predicted molar refractivity (Wildman–Crippen MR) is 71.5 cm³/mol. The monoisotopic (exact) mass is 262 g/mol. The van der Waals surface area contributed by atoms with Crippen LogP contribution in [-0.4, -0.2) is 11.5 Å². The quantitative estimate of drug-likeness (QED) is 0.905. The number of halogens is 1. The van der Waals surface area contributed by atoms with Crippen molar-refractivity contribution in [2.45, 2.75) is 19.3 Å². The number of aromatic nitrogens is 1. The molecule has 0 spiro atoms. The highest BCUT2D eigenvalue weighted by Gasteiger charge is 2.23. The minimum Gasteiger partial charge on any atom is -0.441 e. The molecule has 1 aromatic heterocycles. The van der Waals surface area contributed by atoms with Gasteiger partial charge in [0.05, 0.1) is 5.69 Å². The van der Waals surface area contributed by atoms with Gasteiger partial charge in [-0.05, 0) is 49.6 Å². The molecule has 1 aromatic carbocycles. The summed E-state index contributed by atoms with van der Waals surface area (Å²) in [6.45, 7) is 0.725. The fourth-order valence-electron chi connectivity index (χ4n) is 2.37. The van der Waals surface area contributed by atoms with Gasteiger partial charge in [-0.15, -0.1) is 0 Å². The molecule has 0 bridgehead atoms. The molecule has 2 N–H and O–H groups in total. The van der Waals surface area contributed by atoms with Gasteiger partial charge < -0.3 is 10.2 Å². The lowest BCUT2D eigenvalue weighted by Gasteiger charge is -2.17. The first-order valence-corrected chi connectivity index (χ1v) is 6.58. The molecular weight excluding hydrogens is 248 g/mol. The number of nitrogens with zero attached hydrogens (tertiary/aromatic N) is 1. The van der Waals surface area contributed by atoms with Gasteiger partial charge in [-0.3, -0.25) is 0 Å². The third-order valence-corrected chi connectivity index (χ3v) is 3.72. The zero-order chi connectivity index (χ0) is 12.5. The van der Waals surface area contributed by atoms with Crippen LogP contribution in [0.3, 0.4) is 0 Å². The zero-order valence-corrected chi connectivity index (χ0v) is 10.8. The van der Waals surface area contributed by atoms with Gasteiger partial charge in [-0.2, -0.15) is 0 Å². The van der Waals surface area contributed by atoms with Crippen molar-refractivity contribution < 1.29 is 4.42 Å². The molecule has 1 heterocycles. The average molecular weight is 263 g/mol. The molecule has 0 amide bonds. The van der Waals surface area contributed by atoms with Crippen LogP contribution in [-0.2, 0) is 12.8 Å². The number of hydrogen-bond acceptors (Lipinski definition) is 3. The second-order valence-corrected chi connectivity index (χ2v) is 5.18. The summed E-state index contributed by atoms with van der Waals surface area (Å²) < 4.78 is 5.83. The summed E-state index contributed by atoms with van der Waals surface area (Å²) in [7, 11) is 0. The van der Waals surface area contributed by atoms with Gasteiger partial charge in [0.25, 0.3) is 0 Å². The smallest absolute Gasteiger partial charge is 0.226 e. The Labute approximate surface area is 111 Å². The van der Waals surface area contributed by atoms with Crippen LogP contribution in [0.1, 0.15) is 17.9 Å². The molecule has 0 saturated carbocycles. The van der Waals surface area contributed by atoms with E-state index in [-0.39, 0.29) is 0 Å². The van der Waals surface area contributed by atoms with Gasteiger partial charge in [0.1, 0.15) is 5.76 Å². The van der Waals surface area contributed by atoms with E-state index in [1.54, 1.807) is 0 Å². The van der Waals surface area contributed by atoms with Gasteiger partial charge in [-0.25, -0.2) is 4.98 Å².